The summed E-state index contributed by atoms with van der Waals surface area (Å²) in [5, 5.41) is 0. The van der Waals surface area contributed by atoms with Crippen molar-refractivity contribution in [3.63, 3.8) is 0 Å². The highest BCUT2D eigenvalue weighted by atomic mass is 16.5. The smallest absolute Gasteiger partial charge is 0.308 e. The van der Waals surface area contributed by atoms with Gasteiger partial charge in [0.15, 0.2) is 0 Å². The molecule has 3 heteroatoms. The molecule has 1 fully saturated rings. The third-order valence-electron chi connectivity index (χ3n) is 4.50. The molecular weight excluding hydrogens is 264 g/mol. The summed E-state index contributed by atoms with van der Waals surface area (Å²) >= 11 is 0. The summed E-state index contributed by atoms with van der Waals surface area (Å²) in [5.41, 5.74) is 2.67. The number of methoxy groups -OCH3 is 1. The Morgan fingerprint density at radius 2 is 2.14 bits per heavy atom. The van der Waals surface area contributed by atoms with E-state index in [0.29, 0.717) is 18.4 Å². The van der Waals surface area contributed by atoms with Crippen molar-refractivity contribution in [2.24, 2.45) is 11.8 Å². The first-order chi connectivity index (χ1) is 10.1. The van der Waals surface area contributed by atoms with E-state index >= 15 is 0 Å². The van der Waals surface area contributed by atoms with Crippen molar-refractivity contribution in [1.82, 2.24) is 0 Å². The van der Waals surface area contributed by atoms with Gasteiger partial charge in [0.25, 0.3) is 0 Å². The van der Waals surface area contributed by atoms with Crippen LogP contribution in [0, 0.1) is 18.8 Å². The summed E-state index contributed by atoms with van der Waals surface area (Å²) in [7, 11) is 1.48. The number of carbonyl (C=O) groups excluding carboxylic acids is 1. The maximum absolute atomic E-state index is 11.5. The van der Waals surface area contributed by atoms with Gasteiger partial charge in [0.2, 0.25) is 0 Å². The summed E-state index contributed by atoms with van der Waals surface area (Å²) in [6, 6.07) is 6.36. The van der Waals surface area contributed by atoms with Crippen molar-refractivity contribution < 1.29 is 14.3 Å². The van der Waals surface area contributed by atoms with Crippen LogP contribution in [-0.2, 0) is 9.53 Å². The molecule has 0 heterocycles. The molecule has 116 valence electrons. The third-order valence-corrected chi connectivity index (χ3v) is 4.50. The SMILES string of the molecule is CCOc1ccc(C(CC)CC2CC2C(=O)OC)c(C)c1. The molecule has 2 rings (SSSR count). The van der Waals surface area contributed by atoms with E-state index in [2.05, 4.69) is 32.0 Å². The summed E-state index contributed by atoms with van der Waals surface area (Å²) in [6.45, 7) is 7.05. The van der Waals surface area contributed by atoms with Gasteiger partial charge in [-0.05, 0) is 68.2 Å². The van der Waals surface area contributed by atoms with Crippen LogP contribution >= 0.6 is 0 Å². The number of hydrogen-bond donors (Lipinski definition) is 0. The Labute approximate surface area is 127 Å². The van der Waals surface area contributed by atoms with E-state index in [1.54, 1.807) is 0 Å². The van der Waals surface area contributed by atoms with Crippen LogP contribution in [0.15, 0.2) is 18.2 Å². The van der Waals surface area contributed by atoms with Crippen LogP contribution in [0.25, 0.3) is 0 Å². The molecule has 1 aromatic rings. The van der Waals surface area contributed by atoms with E-state index in [0.717, 1.165) is 25.0 Å². The maximum atomic E-state index is 11.5. The monoisotopic (exact) mass is 290 g/mol. The van der Waals surface area contributed by atoms with Crippen LogP contribution in [0.2, 0.25) is 0 Å². The van der Waals surface area contributed by atoms with Crippen LogP contribution < -0.4 is 4.74 Å². The Kier molecular flexibility index (Phi) is 5.27. The van der Waals surface area contributed by atoms with Gasteiger partial charge in [-0.2, -0.15) is 0 Å². The lowest BCUT2D eigenvalue weighted by molar-refractivity contribution is -0.142. The average molecular weight is 290 g/mol. The highest BCUT2D eigenvalue weighted by Gasteiger charge is 2.44. The molecule has 1 aliphatic carbocycles. The van der Waals surface area contributed by atoms with E-state index in [1.165, 1.54) is 18.2 Å². The minimum atomic E-state index is -0.0433. The highest BCUT2D eigenvalue weighted by Crippen LogP contribution is 2.47. The van der Waals surface area contributed by atoms with Crippen LogP contribution in [0.5, 0.6) is 5.75 Å². The molecule has 0 saturated heterocycles. The molecule has 0 spiro atoms. The first-order valence-corrected chi connectivity index (χ1v) is 7.91. The Morgan fingerprint density at radius 3 is 2.71 bits per heavy atom. The van der Waals surface area contributed by atoms with Gasteiger partial charge in [-0.15, -0.1) is 0 Å². The summed E-state index contributed by atoms with van der Waals surface area (Å²) in [4.78, 5) is 11.5. The Bertz CT molecular complexity index is 495. The highest BCUT2D eigenvalue weighted by molar-refractivity contribution is 5.75. The van der Waals surface area contributed by atoms with Gasteiger partial charge < -0.3 is 9.47 Å². The number of rotatable bonds is 7. The van der Waals surface area contributed by atoms with Gasteiger partial charge in [0, 0.05) is 0 Å². The topological polar surface area (TPSA) is 35.5 Å². The number of benzene rings is 1. The predicted molar refractivity (Wildman–Crippen MR) is 83.6 cm³/mol. The van der Waals surface area contributed by atoms with E-state index in [-0.39, 0.29) is 11.9 Å². The lowest BCUT2D eigenvalue weighted by Gasteiger charge is -2.18. The second kappa shape index (κ2) is 6.97. The van der Waals surface area contributed by atoms with Crippen LogP contribution in [-0.4, -0.2) is 19.7 Å². The van der Waals surface area contributed by atoms with Gasteiger partial charge in [0.05, 0.1) is 19.6 Å². The molecule has 0 N–H and O–H groups in total. The molecule has 1 aliphatic rings. The molecule has 3 nitrogen and oxygen atoms in total. The molecule has 3 unspecified atom stereocenters. The summed E-state index contributed by atoms with van der Waals surface area (Å²) in [5.74, 6) is 2.03. The quantitative estimate of drug-likeness (QED) is 0.710. The number of carbonyl (C=O) groups is 1. The number of esters is 1. The lowest BCUT2D eigenvalue weighted by Crippen LogP contribution is -2.07. The van der Waals surface area contributed by atoms with Crippen LogP contribution in [0.3, 0.4) is 0 Å². The van der Waals surface area contributed by atoms with Crippen molar-refractivity contribution in [3.05, 3.63) is 29.3 Å². The predicted octanol–water partition coefficient (Wildman–Crippen LogP) is 4.09. The van der Waals surface area contributed by atoms with E-state index in [4.69, 9.17) is 9.47 Å². The summed E-state index contributed by atoms with van der Waals surface area (Å²) < 4.78 is 10.4. The zero-order valence-corrected chi connectivity index (χ0v) is 13.5. The van der Waals surface area contributed by atoms with Gasteiger partial charge in [0.1, 0.15) is 5.75 Å². The van der Waals surface area contributed by atoms with Crippen molar-refractivity contribution in [2.75, 3.05) is 13.7 Å². The molecule has 1 aromatic carbocycles. The molecule has 1 saturated carbocycles. The van der Waals surface area contributed by atoms with E-state index in [1.807, 2.05) is 6.92 Å². The van der Waals surface area contributed by atoms with Crippen LogP contribution in [0.4, 0.5) is 0 Å². The molecule has 21 heavy (non-hydrogen) atoms. The molecule has 0 bridgehead atoms. The minimum Gasteiger partial charge on any atom is -0.494 e. The Balaban J connectivity index is 2.03. The van der Waals surface area contributed by atoms with Gasteiger partial charge in [-0.25, -0.2) is 0 Å². The number of aryl methyl sites for hydroxylation is 1. The van der Waals surface area contributed by atoms with Crippen molar-refractivity contribution in [2.45, 2.75) is 46.0 Å². The molecule has 0 aliphatic heterocycles. The zero-order valence-electron chi connectivity index (χ0n) is 13.5. The largest absolute Gasteiger partial charge is 0.494 e. The van der Waals surface area contributed by atoms with E-state index < -0.39 is 0 Å². The minimum absolute atomic E-state index is 0.0433. The molecular formula is C18H26O3. The van der Waals surface area contributed by atoms with Crippen molar-refractivity contribution in [1.29, 1.82) is 0 Å². The van der Waals surface area contributed by atoms with E-state index in [9.17, 15) is 4.79 Å². The van der Waals surface area contributed by atoms with Crippen molar-refractivity contribution >= 4 is 5.97 Å². The lowest BCUT2D eigenvalue weighted by atomic mass is 9.88. The second-order valence-electron chi connectivity index (χ2n) is 5.92. The fourth-order valence-corrected chi connectivity index (χ4v) is 3.19. The zero-order chi connectivity index (χ0) is 15.4. The normalized spacial score (nSPS) is 21.7. The van der Waals surface area contributed by atoms with Gasteiger partial charge in [-0.1, -0.05) is 13.0 Å². The Hall–Kier alpha value is -1.51. The number of hydrogen-bond acceptors (Lipinski definition) is 3. The standard InChI is InChI=1S/C18H26O3/c1-5-13(10-14-11-17(14)18(19)20-4)16-8-7-15(21-6-2)9-12(16)3/h7-9,13-14,17H,5-6,10-11H2,1-4H3. The second-order valence-corrected chi connectivity index (χ2v) is 5.92. The van der Waals surface area contributed by atoms with Gasteiger partial charge >= 0.3 is 5.97 Å². The maximum Gasteiger partial charge on any atom is 0.308 e. The molecule has 0 amide bonds. The third kappa shape index (κ3) is 3.78. The van der Waals surface area contributed by atoms with Crippen molar-refractivity contribution in [3.8, 4) is 5.75 Å². The molecule has 0 radical (unpaired) electrons. The Morgan fingerprint density at radius 1 is 1.38 bits per heavy atom. The fourth-order valence-electron chi connectivity index (χ4n) is 3.19. The molecule has 0 aromatic heterocycles. The first kappa shape index (κ1) is 15.9. The fraction of sp³-hybridized carbons (Fsp3) is 0.611. The number of ether oxygens (including phenoxy) is 2. The first-order valence-electron chi connectivity index (χ1n) is 7.91. The van der Waals surface area contributed by atoms with Crippen LogP contribution in [0.1, 0.15) is 50.2 Å². The van der Waals surface area contributed by atoms with Gasteiger partial charge in [-0.3, -0.25) is 4.79 Å². The summed E-state index contributed by atoms with van der Waals surface area (Å²) in [6.07, 6.45) is 3.16. The average Bonchev–Trinajstić information content (AvgIpc) is 3.24. The molecule has 3 atom stereocenters.